The van der Waals surface area contributed by atoms with Crippen LogP contribution in [0.5, 0.6) is 0 Å². The van der Waals surface area contributed by atoms with Gasteiger partial charge >= 0.3 is 0 Å². The predicted molar refractivity (Wildman–Crippen MR) is 52.7 cm³/mol. The molecule has 1 saturated carbocycles. The number of aromatic nitrogens is 4. The zero-order valence-electron chi connectivity index (χ0n) is 8.14. The number of aryl methyl sites for hydroxylation is 1. The normalized spacial score (nSPS) is 16.4. The molecule has 72 valence electrons. The van der Waals surface area contributed by atoms with Crippen LogP contribution in [0.25, 0.3) is 11.0 Å². The van der Waals surface area contributed by atoms with Crippen molar-refractivity contribution in [3.05, 3.63) is 18.2 Å². The highest BCUT2D eigenvalue weighted by Gasteiger charge is 2.22. The largest absolute Gasteiger partial charge is 0.250 e. The molecular formula is C10H12N4. The van der Waals surface area contributed by atoms with Gasteiger partial charge in [-0.1, -0.05) is 0 Å². The average molecular weight is 188 g/mol. The summed E-state index contributed by atoms with van der Waals surface area (Å²) in [5, 5.41) is 5.17. The van der Waals surface area contributed by atoms with E-state index in [1.54, 1.807) is 10.9 Å². The minimum absolute atomic E-state index is 0.834. The summed E-state index contributed by atoms with van der Waals surface area (Å²) in [7, 11) is 1.91. The van der Waals surface area contributed by atoms with Gasteiger partial charge in [0, 0.05) is 19.7 Å². The fourth-order valence-corrected chi connectivity index (χ4v) is 1.65. The Hall–Kier alpha value is -1.45. The lowest BCUT2D eigenvalue weighted by Crippen LogP contribution is -1.99. The van der Waals surface area contributed by atoms with Crippen LogP contribution in [-0.4, -0.2) is 19.7 Å². The van der Waals surface area contributed by atoms with Crippen molar-refractivity contribution in [2.75, 3.05) is 0 Å². The second-order valence-electron chi connectivity index (χ2n) is 3.98. The fraction of sp³-hybridized carbons (Fsp3) is 0.500. The van der Waals surface area contributed by atoms with E-state index in [4.69, 9.17) is 0 Å². The molecule has 0 aliphatic heterocycles. The summed E-state index contributed by atoms with van der Waals surface area (Å²) in [5.74, 6) is 1.80. The van der Waals surface area contributed by atoms with Crippen LogP contribution in [-0.2, 0) is 13.5 Å². The molecule has 2 aromatic rings. The first-order chi connectivity index (χ1) is 6.83. The van der Waals surface area contributed by atoms with Crippen LogP contribution >= 0.6 is 0 Å². The highest BCUT2D eigenvalue weighted by atomic mass is 15.3. The number of nitrogens with zero attached hydrogens (tertiary/aromatic N) is 4. The molecule has 0 amide bonds. The van der Waals surface area contributed by atoms with E-state index < -0.39 is 0 Å². The van der Waals surface area contributed by atoms with E-state index in [-0.39, 0.29) is 0 Å². The Morgan fingerprint density at radius 3 is 3.07 bits per heavy atom. The van der Waals surface area contributed by atoms with Gasteiger partial charge in [0.15, 0.2) is 5.65 Å². The van der Waals surface area contributed by atoms with E-state index in [0.717, 1.165) is 29.2 Å². The molecule has 1 aliphatic carbocycles. The standard InChI is InChI=1S/C10H12N4/c1-14-10-8(6-12-14)5-11-9(13-10)4-7-2-3-7/h5-7H,2-4H2,1H3. The first-order valence-electron chi connectivity index (χ1n) is 4.96. The summed E-state index contributed by atoms with van der Waals surface area (Å²) in [6.45, 7) is 0. The minimum Gasteiger partial charge on any atom is -0.250 e. The lowest BCUT2D eigenvalue weighted by Gasteiger charge is -1.98. The molecule has 1 aliphatic rings. The van der Waals surface area contributed by atoms with Crippen LogP contribution in [0.3, 0.4) is 0 Å². The Labute approximate surface area is 82.0 Å². The van der Waals surface area contributed by atoms with Crippen molar-refractivity contribution in [1.29, 1.82) is 0 Å². The van der Waals surface area contributed by atoms with Gasteiger partial charge in [-0.3, -0.25) is 4.68 Å². The van der Waals surface area contributed by atoms with Crippen LogP contribution in [0.15, 0.2) is 12.4 Å². The minimum atomic E-state index is 0.834. The zero-order valence-corrected chi connectivity index (χ0v) is 8.14. The van der Waals surface area contributed by atoms with Gasteiger partial charge in [-0.15, -0.1) is 0 Å². The van der Waals surface area contributed by atoms with E-state index in [9.17, 15) is 0 Å². The van der Waals surface area contributed by atoms with Gasteiger partial charge in [-0.25, -0.2) is 9.97 Å². The van der Waals surface area contributed by atoms with Gasteiger partial charge in [0.25, 0.3) is 0 Å². The quantitative estimate of drug-likeness (QED) is 0.713. The number of rotatable bonds is 2. The molecule has 0 bridgehead atoms. The van der Waals surface area contributed by atoms with E-state index in [1.807, 2.05) is 13.2 Å². The maximum atomic E-state index is 4.50. The topological polar surface area (TPSA) is 43.6 Å². The fourth-order valence-electron chi connectivity index (χ4n) is 1.65. The lowest BCUT2D eigenvalue weighted by molar-refractivity contribution is 0.752. The molecule has 2 heterocycles. The van der Waals surface area contributed by atoms with Crippen molar-refractivity contribution < 1.29 is 0 Å². The summed E-state index contributed by atoms with van der Waals surface area (Å²) in [5.41, 5.74) is 0.940. The molecule has 4 heteroatoms. The number of hydrogen-bond acceptors (Lipinski definition) is 3. The summed E-state index contributed by atoms with van der Waals surface area (Å²) >= 11 is 0. The van der Waals surface area contributed by atoms with Gasteiger partial charge < -0.3 is 0 Å². The molecule has 14 heavy (non-hydrogen) atoms. The Bertz CT molecular complexity index is 470. The van der Waals surface area contributed by atoms with E-state index in [1.165, 1.54) is 12.8 Å². The summed E-state index contributed by atoms with van der Waals surface area (Å²) in [4.78, 5) is 8.84. The Morgan fingerprint density at radius 2 is 2.29 bits per heavy atom. The van der Waals surface area contributed by atoms with Crippen molar-refractivity contribution in [3.8, 4) is 0 Å². The maximum absolute atomic E-state index is 4.50. The van der Waals surface area contributed by atoms with Gasteiger partial charge in [0.05, 0.1) is 11.6 Å². The third-order valence-corrected chi connectivity index (χ3v) is 2.69. The molecule has 0 spiro atoms. The Balaban J connectivity index is 2.03. The first-order valence-corrected chi connectivity index (χ1v) is 4.96. The van der Waals surface area contributed by atoms with Crippen LogP contribution in [0.2, 0.25) is 0 Å². The second-order valence-corrected chi connectivity index (χ2v) is 3.98. The molecule has 2 aromatic heterocycles. The summed E-state index contributed by atoms with van der Waals surface area (Å²) in [6, 6.07) is 0. The number of hydrogen-bond donors (Lipinski definition) is 0. The van der Waals surface area contributed by atoms with Crippen molar-refractivity contribution in [2.45, 2.75) is 19.3 Å². The van der Waals surface area contributed by atoms with Crippen LogP contribution in [0.1, 0.15) is 18.7 Å². The molecule has 0 aromatic carbocycles. The Kier molecular flexibility index (Phi) is 1.56. The van der Waals surface area contributed by atoms with E-state index in [0.29, 0.717) is 0 Å². The van der Waals surface area contributed by atoms with Crippen LogP contribution in [0.4, 0.5) is 0 Å². The Morgan fingerprint density at radius 1 is 1.43 bits per heavy atom. The molecule has 0 radical (unpaired) electrons. The zero-order chi connectivity index (χ0) is 9.54. The first kappa shape index (κ1) is 7.91. The number of fused-ring (bicyclic) bond motifs is 1. The van der Waals surface area contributed by atoms with E-state index in [2.05, 4.69) is 15.1 Å². The molecule has 3 rings (SSSR count). The van der Waals surface area contributed by atoms with Gasteiger partial charge in [-0.2, -0.15) is 5.10 Å². The van der Waals surface area contributed by atoms with Crippen molar-refractivity contribution >= 4 is 11.0 Å². The predicted octanol–water partition coefficient (Wildman–Crippen LogP) is 1.32. The highest BCUT2D eigenvalue weighted by Crippen LogP contribution is 2.31. The molecule has 0 atom stereocenters. The van der Waals surface area contributed by atoms with Crippen LogP contribution < -0.4 is 0 Å². The highest BCUT2D eigenvalue weighted by molar-refractivity contribution is 5.72. The molecular weight excluding hydrogens is 176 g/mol. The monoisotopic (exact) mass is 188 g/mol. The van der Waals surface area contributed by atoms with Crippen molar-refractivity contribution in [2.24, 2.45) is 13.0 Å². The lowest BCUT2D eigenvalue weighted by atomic mass is 10.3. The van der Waals surface area contributed by atoms with Gasteiger partial charge in [-0.05, 0) is 18.8 Å². The van der Waals surface area contributed by atoms with Crippen molar-refractivity contribution in [1.82, 2.24) is 19.7 Å². The van der Waals surface area contributed by atoms with Crippen molar-refractivity contribution in [3.63, 3.8) is 0 Å². The van der Waals surface area contributed by atoms with Gasteiger partial charge in [0.1, 0.15) is 5.82 Å². The van der Waals surface area contributed by atoms with Gasteiger partial charge in [0.2, 0.25) is 0 Å². The molecule has 1 fully saturated rings. The molecule has 0 unspecified atom stereocenters. The van der Waals surface area contributed by atoms with Crippen LogP contribution in [0, 0.1) is 5.92 Å². The average Bonchev–Trinajstić information content (AvgIpc) is 2.92. The summed E-state index contributed by atoms with van der Waals surface area (Å²) in [6.07, 6.45) is 7.38. The molecule has 0 N–H and O–H groups in total. The van der Waals surface area contributed by atoms with E-state index >= 15 is 0 Å². The molecule has 0 saturated heterocycles. The third-order valence-electron chi connectivity index (χ3n) is 2.69. The SMILES string of the molecule is Cn1ncc2cnc(CC3CC3)nc21. The third kappa shape index (κ3) is 1.27. The summed E-state index contributed by atoms with van der Waals surface area (Å²) < 4.78 is 1.80. The maximum Gasteiger partial charge on any atom is 0.161 e. The smallest absolute Gasteiger partial charge is 0.161 e. The second kappa shape index (κ2) is 2.77. The molecule has 4 nitrogen and oxygen atoms in total.